The van der Waals surface area contributed by atoms with Crippen LogP contribution in [-0.2, 0) is 0 Å². The van der Waals surface area contributed by atoms with Gasteiger partial charge in [0.15, 0.2) is 0 Å². The van der Waals surface area contributed by atoms with Crippen LogP contribution in [0.2, 0.25) is 0 Å². The molecule has 16 heavy (non-hydrogen) atoms. The second kappa shape index (κ2) is 5.87. The number of rotatable bonds is 4. The summed E-state index contributed by atoms with van der Waals surface area (Å²) < 4.78 is 18.4. The molecule has 1 N–H and O–H groups in total. The van der Waals surface area contributed by atoms with Crippen molar-refractivity contribution in [3.8, 4) is 5.75 Å². The van der Waals surface area contributed by atoms with Gasteiger partial charge >= 0.3 is 0 Å². The van der Waals surface area contributed by atoms with Crippen LogP contribution in [0.1, 0.15) is 25.5 Å². The fourth-order valence-electron chi connectivity index (χ4n) is 1.20. The van der Waals surface area contributed by atoms with Crippen LogP contribution >= 0.6 is 11.6 Å². The van der Waals surface area contributed by atoms with Gasteiger partial charge in [-0.2, -0.15) is 0 Å². The molecule has 0 amide bonds. The van der Waals surface area contributed by atoms with E-state index in [0.29, 0.717) is 17.9 Å². The highest BCUT2D eigenvalue weighted by Gasteiger charge is 2.10. The Morgan fingerprint density at radius 1 is 1.62 bits per heavy atom. The Hall–Kier alpha value is -1.06. The molecule has 4 heteroatoms. The van der Waals surface area contributed by atoms with Crippen molar-refractivity contribution >= 4 is 11.6 Å². The summed E-state index contributed by atoms with van der Waals surface area (Å²) in [5, 5.41) is 9.46. The summed E-state index contributed by atoms with van der Waals surface area (Å²) in [5.41, 5.74) is 2.70. The lowest BCUT2D eigenvalue weighted by Crippen LogP contribution is -2.03. The summed E-state index contributed by atoms with van der Waals surface area (Å²) in [6, 6.07) is 4.06. The van der Waals surface area contributed by atoms with Crippen molar-refractivity contribution in [3.63, 3.8) is 0 Å². The summed E-state index contributed by atoms with van der Waals surface area (Å²) in [7, 11) is 0. The van der Waals surface area contributed by atoms with Crippen molar-refractivity contribution in [3.05, 3.63) is 40.7 Å². The quantitative estimate of drug-likeness (QED) is 0.880. The molecule has 1 aromatic carbocycles. The van der Waals surface area contributed by atoms with Gasteiger partial charge < -0.3 is 9.84 Å². The molecule has 88 valence electrons. The van der Waals surface area contributed by atoms with Crippen LogP contribution < -0.4 is 4.74 Å². The molecule has 1 aromatic rings. The molecule has 1 unspecified atom stereocenters. The monoisotopic (exact) mass is 244 g/mol. The highest BCUT2D eigenvalue weighted by atomic mass is 35.5. The molecule has 0 saturated carbocycles. The zero-order chi connectivity index (χ0) is 12.1. The predicted octanol–water partition coefficient (Wildman–Crippen LogP) is 3.40. The molecule has 0 saturated heterocycles. The smallest absolute Gasteiger partial charge is 0.125 e. The maximum atomic E-state index is 13.0. The first-order valence-electron chi connectivity index (χ1n) is 4.90. The van der Waals surface area contributed by atoms with Crippen molar-refractivity contribution in [2.24, 2.45) is 0 Å². The van der Waals surface area contributed by atoms with Gasteiger partial charge in [0.05, 0.1) is 6.10 Å². The van der Waals surface area contributed by atoms with Gasteiger partial charge in [-0.05, 0) is 37.6 Å². The second-order valence-corrected chi connectivity index (χ2v) is 3.82. The predicted molar refractivity (Wildman–Crippen MR) is 62.1 cm³/mol. The third-order valence-corrected chi connectivity index (χ3v) is 2.44. The lowest BCUT2D eigenvalue weighted by molar-refractivity contribution is 0.192. The fraction of sp³-hybridized carbons (Fsp3) is 0.333. The first-order valence-corrected chi connectivity index (χ1v) is 5.34. The van der Waals surface area contributed by atoms with Crippen LogP contribution in [0.4, 0.5) is 4.39 Å². The van der Waals surface area contributed by atoms with E-state index in [4.69, 9.17) is 16.3 Å². The zero-order valence-electron chi connectivity index (χ0n) is 9.21. The van der Waals surface area contributed by atoms with Crippen LogP contribution in [0.3, 0.4) is 0 Å². The summed E-state index contributed by atoms with van der Waals surface area (Å²) in [6.07, 6.45) is -0.772. The van der Waals surface area contributed by atoms with Crippen molar-refractivity contribution in [1.82, 2.24) is 0 Å². The molecule has 0 aliphatic carbocycles. The third kappa shape index (κ3) is 3.51. The number of benzene rings is 1. The molecule has 0 aromatic heterocycles. The van der Waals surface area contributed by atoms with E-state index < -0.39 is 11.9 Å². The van der Waals surface area contributed by atoms with Gasteiger partial charge in [-0.3, -0.25) is 0 Å². The minimum atomic E-state index is -0.772. The van der Waals surface area contributed by atoms with Gasteiger partial charge in [-0.1, -0.05) is 11.6 Å². The van der Waals surface area contributed by atoms with E-state index in [-0.39, 0.29) is 0 Å². The SMILES string of the molecule is C/C(=C\Cl)COc1ccc(F)cc1C(C)O. The largest absolute Gasteiger partial charge is 0.489 e. The Morgan fingerprint density at radius 3 is 2.88 bits per heavy atom. The molecular formula is C12H14ClFO2. The van der Waals surface area contributed by atoms with Crippen molar-refractivity contribution < 1.29 is 14.2 Å². The topological polar surface area (TPSA) is 29.5 Å². The lowest BCUT2D eigenvalue weighted by Gasteiger charge is -2.13. The number of hydrogen-bond acceptors (Lipinski definition) is 2. The van der Waals surface area contributed by atoms with Gasteiger partial charge in [-0.15, -0.1) is 0 Å². The van der Waals surface area contributed by atoms with Crippen molar-refractivity contribution in [1.29, 1.82) is 0 Å². The first-order chi connectivity index (χ1) is 7.54. The van der Waals surface area contributed by atoms with Gasteiger partial charge in [0, 0.05) is 11.1 Å². The molecule has 0 heterocycles. The minimum Gasteiger partial charge on any atom is -0.489 e. The van der Waals surface area contributed by atoms with E-state index in [1.165, 1.54) is 23.7 Å². The standard InChI is InChI=1S/C12H14ClFO2/c1-8(6-13)7-16-12-4-3-10(14)5-11(12)9(2)15/h3-6,9,15H,7H2,1-2H3/b8-6+. The molecule has 0 spiro atoms. The van der Waals surface area contributed by atoms with Gasteiger partial charge in [0.1, 0.15) is 18.2 Å². The molecule has 0 aliphatic heterocycles. The van der Waals surface area contributed by atoms with Gasteiger partial charge in [0.25, 0.3) is 0 Å². The Bertz CT molecular complexity index is 389. The molecule has 1 atom stereocenters. The lowest BCUT2D eigenvalue weighted by atomic mass is 10.1. The third-order valence-electron chi connectivity index (χ3n) is 2.06. The van der Waals surface area contributed by atoms with E-state index in [0.717, 1.165) is 5.57 Å². The van der Waals surface area contributed by atoms with Crippen LogP contribution in [0, 0.1) is 5.82 Å². The van der Waals surface area contributed by atoms with E-state index in [2.05, 4.69) is 0 Å². The number of hydrogen-bond donors (Lipinski definition) is 1. The van der Waals surface area contributed by atoms with E-state index in [1.54, 1.807) is 6.92 Å². The number of ether oxygens (including phenoxy) is 1. The van der Waals surface area contributed by atoms with E-state index >= 15 is 0 Å². The van der Waals surface area contributed by atoms with Gasteiger partial charge in [0.2, 0.25) is 0 Å². The fourth-order valence-corrected chi connectivity index (χ4v) is 1.26. The summed E-state index contributed by atoms with van der Waals surface area (Å²) in [6.45, 7) is 3.69. The number of halogens is 2. The Kier molecular flexibility index (Phi) is 4.77. The highest BCUT2D eigenvalue weighted by molar-refractivity contribution is 6.25. The number of aliphatic hydroxyl groups excluding tert-OH is 1. The molecule has 0 bridgehead atoms. The Balaban J connectivity index is 2.87. The maximum Gasteiger partial charge on any atom is 0.125 e. The van der Waals surface area contributed by atoms with Crippen LogP contribution in [0.15, 0.2) is 29.3 Å². The summed E-state index contributed by atoms with van der Waals surface area (Å²) >= 11 is 5.49. The molecule has 2 nitrogen and oxygen atoms in total. The molecule has 0 aliphatic rings. The van der Waals surface area contributed by atoms with E-state index in [1.807, 2.05) is 6.92 Å². The van der Waals surface area contributed by atoms with Crippen molar-refractivity contribution in [2.45, 2.75) is 20.0 Å². The Labute approximate surface area is 99.3 Å². The van der Waals surface area contributed by atoms with Crippen LogP contribution in [-0.4, -0.2) is 11.7 Å². The molecule has 0 fully saturated rings. The molecule has 0 radical (unpaired) electrons. The average molecular weight is 245 g/mol. The minimum absolute atomic E-state index is 0.314. The molecular weight excluding hydrogens is 231 g/mol. The number of aliphatic hydroxyl groups is 1. The Morgan fingerprint density at radius 2 is 2.31 bits per heavy atom. The average Bonchev–Trinajstić information content (AvgIpc) is 2.26. The zero-order valence-corrected chi connectivity index (χ0v) is 9.96. The second-order valence-electron chi connectivity index (χ2n) is 3.60. The van der Waals surface area contributed by atoms with Crippen LogP contribution in [0.25, 0.3) is 0 Å². The summed E-state index contributed by atoms with van der Waals surface area (Å²) in [5.74, 6) is 0.0714. The van der Waals surface area contributed by atoms with Gasteiger partial charge in [-0.25, -0.2) is 4.39 Å². The summed E-state index contributed by atoms with van der Waals surface area (Å²) in [4.78, 5) is 0. The van der Waals surface area contributed by atoms with Crippen molar-refractivity contribution in [2.75, 3.05) is 6.61 Å². The first kappa shape index (κ1) is 13.0. The van der Waals surface area contributed by atoms with Crippen LogP contribution in [0.5, 0.6) is 5.75 Å². The molecule has 1 rings (SSSR count). The maximum absolute atomic E-state index is 13.0. The van der Waals surface area contributed by atoms with E-state index in [9.17, 15) is 9.50 Å². The normalized spacial score (nSPS) is 13.7. The highest BCUT2D eigenvalue weighted by Crippen LogP contribution is 2.26.